The molecule has 2 aliphatic rings. The molecule has 1 spiro atoms. The Morgan fingerprint density at radius 3 is 2.70 bits per heavy atom. The molecule has 0 radical (unpaired) electrons. The smallest absolute Gasteiger partial charge is 0.257 e. The van der Waals surface area contributed by atoms with E-state index < -0.39 is 17.3 Å². The van der Waals surface area contributed by atoms with E-state index in [1.165, 1.54) is 12.3 Å². The van der Waals surface area contributed by atoms with Crippen molar-refractivity contribution in [1.82, 2.24) is 19.8 Å². The minimum atomic E-state index is -0.875. The predicted octanol–water partition coefficient (Wildman–Crippen LogP) is 2.41. The normalized spacial score (nSPS) is 22.5. The molecular weight excluding hydrogens is 347 g/mol. The van der Waals surface area contributed by atoms with Crippen molar-refractivity contribution < 1.29 is 14.0 Å². The number of hydrogen-bond acceptors (Lipinski definition) is 4. The summed E-state index contributed by atoms with van der Waals surface area (Å²) in [6.45, 7) is 1.53. The quantitative estimate of drug-likeness (QED) is 0.835. The molecule has 140 valence electrons. The molecule has 0 saturated carbocycles. The average molecular weight is 368 g/mol. The Hall–Kier alpha value is -2.83. The fraction of sp³-hybridized carbons (Fsp3) is 0.400. The largest absolute Gasteiger partial charge is 0.335 e. The Kier molecular flexibility index (Phi) is 4.59. The highest BCUT2D eigenvalue weighted by atomic mass is 19.1. The van der Waals surface area contributed by atoms with Crippen LogP contribution >= 0.6 is 0 Å². The van der Waals surface area contributed by atoms with E-state index in [2.05, 4.69) is 9.97 Å². The highest BCUT2D eigenvalue weighted by molar-refractivity contribution is 6.00. The molecule has 0 aromatic carbocycles. The molecule has 2 fully saturated rings. The minimum Gasteiger partial charge on any atom is -0.335 e. The number of nitrogens with zero attached hydrogens (tertiary/aromatic N) is 4. The SMILES string of the molecule is O=C(c1ccncc1F)N1CCCC12CCCN(Cc1ccccn1)C2=O. The topological polar surface area (TPSA) is 66.4 Å². The van der Waals surface area contributed by atoms with Gasteiger partial charge in [-0.2, -0.15) is 0 Å². The lowest BCUT2D eigenvalue weighted by atomic mass is 9.85. The lowest BCUT2D eigenvalue weighted by molar-refractivity contribution is -0.146. The van der Waals surface area contributed by atoms with Gasteiger partial charge in [0.2, 0.25) is 5.91 Å². The van der Waals surface area contributed by atoms with Crippen LogP contribution in [0.4, 0.5) is 4.39 Å². The van der Waals surface area contributed by atoms with Crippen LogP contribution in [0.15, 0.2) is 42.9 Å². The van der Waals surface area contributed by atoms with Gasteiger partial charge in [0, 0.05) is 25.5 Å². The number of halogens is 1. The zero-order valence-electron chi connectivity index (χ0n) is 15.0. The van der Waals surface area contributed by atoms with E-state index in [9.17, 15) is 14.0 Å². The van der Waals surface area contributed by atoms with E-state index >= 15 is 0 Å². The molecule has 0 N–H and O–H groups in total. The molecule has 1 unspecified atom stereocenters. The van der Waals surface area contributed by atoms with Gasteiger partial charge in [0.05, 0.1) is 24.0 Å². The highest BCUT2D eigenvalue weighted by Crippen LogP contribution is 2.39. The third-order valence-corrected chi connectivity index (χ3v) is 5.52. The molecule has 2 amide bonds. The summed E-state index contributed by atoms with van der Waals surface area (Å²) in [6.07, 6.45) is 6.91. The Bertz CT molecular complexity index is 860. The number of likely N-dealkylation sites (tertiary alicyclic amines) is 2. The summed E-state index contributed by atoms with van der Waals surface area (Å²) in [5.74, 6) is -1.14. The first kappa shape index (κ1) is 17.6. The third-order valence-electron chi connectivity index (χ3n) is 5.52. The third kappa shape index (κ3) is 3.07. The van der Waals surface area contributed by atoms with Crippen LogP contribution < -0.4 is 0 Å². The molecule has 4 heterocycles. The maximum Gasteiger partial charge on any atom is 0.257 e. The second kappa shape index (κ2) is 7.06. The van der Waals surface area contributed by atoms with E-state index in [-0.39, 0.29) is 11.5 Å². The zero-order valence-corrected chi connectivity index (χ0v) is 15.0. The van der Waals surface area contributed by atoms with Crippen LogP contribution in [-0.4, -0.2) is 50.2 Å². The number of carbonyl (C=O) groups excluding carboxylic acids is 2. The summed E-state index contributed by atoms with van der Waals surface area (Å²) in [5.41, 5.74) is -0.0836. The van der Waals surface area contributed by atoms with Gasteiger partial charge in [0.25, 0.3) is 5.91 Å². The Balaban J connectivity index is 1.61. The summed E-state index contributed by atoms with van der Waals surface area (Å²) in [5, 5.41) is 0. The monoisotopic (exact) mass is 368 g/mol. The highest BCUT2D eigenvalue weighted by Gasteiger charge is 2.53. The fourth-order valence-corrected chi connectivity index (χ4v) is 4.25. The van der Waals surface area contributed by atoms with E-state index in [1.54, 1.807) is 16.0 Å². The Morgan fingerprint density at radius 1 is 1.15 bits per heavy atom. The molecule has 1 atom stereocenters. The summed E-state index contributed by atoms with van der Waals surface area (Å²) < 4.78 is 14.1. The number of carbonyl (C=O) groups is 2. The minimum absolute atomic E-state index is 0.0269. The maximum absolute atomic E-state index is 14.1. The molecule has 2 aromatic heterocycles. The summed E-state index contributed by atoms with van der Waals surface area (Å²) >= 11 is 0. The number of hydrogen-bond donors (Lipinski definition) is 0. The number of amides is 2. The van der Waals surface area contributed by atoms with Gasteiger partial charge in [-0.15, -0.1) is 0 Å². The number of piperidine rings is 1. The van der Waals surface area contributed by atoms with Crippen molar-refractivity contribution in [2.45, 2.75) is 37.8 Å². The van der Waals surface area contributed by atoms with Crippen molar-refractivity contribution in [3.8, 4) is 0 Å². The van der Waals surface area contributed by atoms with Gasteiger partial charge in [-0.05, 0) is 43.9 Å². The van der Waals surface area contributed by atoms with Crippen LogP contribution in [0.25, 0.3) is 0 Å². The van der Waals surface area contributed by atoms with Crippen molar-refractivity contribution in [3.05, 3.63) is 59.9 Å². The Morgan fingerprint density at radius 2 is 1.96 bits per heavy atom. The van der Waals surface area contributed by atoms with E-state index in [4.69, 9.17) is 0 Å². The predicted molar refractivity (Wildman–Crippen MR) is 96.1 cm³/mol. The molecule has 2 aliphatic heterocycles. The first-order valence-corrected chi connectivity index (χ1v) is 9.22. The van der Waals surface area contributed by atoms with Crippen LogP contribution in [-0.2, 0) is 11.3 Å². The molecule has 2 saturated heterocycles. The summed E-state index contributed by atoms with van der Waals surface area (Å²) in [7, 11) is 0. The molecular formula is C20H21FN4O2. The van der Waals surface area contributed by atoms with Crippen molar-refractivity contribution in [2.75, 3.05) is 13.1 Å². The van der Waals surface area contributed by atoms with E-state index in [0.717, 1.165) is 24.7 Å². The summed E-state index contributed by atoms with van der Waals surface area (Å²) in [4.78, 5) is 37.8. The zero-order chi connectivity index (χ0) is 18.9. The molecule has 4 rings (SSSR count). The van der Waals surface area contributed by atoms with Crippen LogP contribution in [0.2, 0.25) is 0 Å². The Labute approximate surface area is 157 Å². The lowest BCUT2D eigenvalue weighted by Crippen LogP contribution is -2.61. The van der Waals surface area contributed by atoms with Gasteiger partial charge >= 0.3 is 0 Å². The lowest BCUT2D eigenvalue weighted by Gasteiger charge is -2.44. The second-order valence-corrected chi connectivity index (χ2v) is 7.10. The number of aromatic nitrogens is 2. The summed E-state index contributed by atoms with van der Waals surface area (Å²) in [6, 6.07) is 6.99. The van der Waals surface area contributed by atoms with Crippen LogP contribution in [0.1, 0.15) is 41.7 Å². The van der Waals surface area contributed by atoms with Crippen LogP contribution in [0, 0.1) is 5.82 Å². The van der Waals surface area contributed by atoms with Crippen molar-refractivity contribution >= 4 is 11.8 Å². The fourth-order valence-electron chi connectivity index (χ4n) is 4.25. The van der Waals surface area contributed by atoms with Gasteiger partial charge in [-0.1, -0.05) is 6.07 Å². The number of pyridine rings is 2. The average Bonchev–Trinajstić information content (AvgIpc) is 3.11. The molecule has 0 bridgehead atoms. The van der Waals surface area contributed by atoms with Crippen LogP contribution in [0.5, 0.6) is 0 Å². The van der Waals surface area contributed by atoms with Gasteiger partial charge in [0.1, 0.15) is 5.54 Å². The number of rotatable bonds is 3. The maximum atomic E-state index is 14.1. The molecule has 0 aliphatic carbocycles. The van der Waals surface area contributed by atoms with Gasteiger partial charge in [-0.3, -0.25) is 19.6 Å². The van der Waals surface area contributed by atoms with E-state index in [0.29, 0.717) is 32.5 Å². The molecule has 7 heteroatoms. The first-order valence-electron chi connectivity index (χ1n) is 9.22. The molecule has 2 aromatic rings. The van der Waals surface area contributed by atoms with Crippen LogP contribution in [0.3, 0.4) is 0 Å². The standard InChI is InChI=1S/C20H21FN4O2/c21-17-13-22-10-6-16(17)18(26)25-12-4-8-20(25)7-3-11-24(19(20)27)14-15-5-1-2-9-23-15/h1-2,5-6,9-10,13H,3-4,7-8,11-12,14H2. The molecule has 27 heavy (non-hydrogen) atoms. The van der Waals surface area contributed by atoms with Gasteiger partial charge < -0.3 is 9.80 Å². The van der Waals surface area contributed by atoms with E-state index in [1.807, 2.05) is 18.2 Å². The second-order valence-electron chi connectivity index (χ2n) is 7.10. The molecule has 6 nitrogen and oxygen atoms in total. The van der Waals surface area contributed by atoms with Gasteiger partial charge in [0.15, 0.2) is 5.82 Å². The first-order chi connectivity index (χ1) is 13.1. The van der Waals surface area contributed by atoms with Gasteiger partial charge in [-0.25, -0.2) is 4.39 Å². The van der Waals surface area contributed by atoms with Crippen molar-refractivity contribution in [2.24, 2.45) is 0 Å². The van der Waals surface area contributed by atoms with Crippen molar-refractivity contribution in [1.29, 1.82) is 0 Å². The van der Waals surface area contributed by atoms with Crippen molar-refractivity contribution in [3.63, 3.8) is 0 Å².